The predicted octanol–water partition coefficient (Wildman–Crippen LogP) is 4.13. The Hall–Kier alpha value is -3.85. The molecule has 0 amide bonds. The second-order valence-electron chi connectivity index (χ2n) is 7.26. The zero-order valence-electron chi connectivity index (χ0n) is 17.4. The van der Waals surface area contributed by atoms with Gasteiger partial charge in [0.25, 0.3) is 0 Å². The number of nitrogens with zero attached hydrogens (tertiary/aromatic N) is 2. The maximum Gasteiger partial charge on any atom is 0.349 e. The molecule has 0 aliphatic carbocycles. The molecule has 3 aromatic rings. The molecule has 0 spiro atoms. The largest absolute Gasteiger partial charge is 0.457 e. The average Bonchev–Trinajstić information content (AvgIpc) is 2.71. The first-order valence-corrected chi connectivity index (χ1v) is 9.39. The van der Waals surface area contributed by atoms with Crippen molar-refractivity contribution in [1.82, 2.24) is 0 Å². The third-order valence-electron chi connectivity index (χ3n) is 4.86. The number of ether oxygens (including phenoxy) is 1. The summed E-state index contributed by atoms with van der Waals surface area (Å²) in [6, 6.07) is 14.3. The minimum atomic E-state index is -0.751. The molecule has 0 radical (unpaired) electrons. The van der Waals surface area contributed by atoms with Gasteiger partial charge in [-0.25, -0.2) is 9.59 Å². The van der Waals surface area contributed by atoms with E-state index in [9.17, 15) is 14.9 Å². The first-order chi connectivity index (χ1) is 14.3. The molecule has 0 aliphatic rings. The number of carbonyl (C=O) groups excluding carboxylic acids is 1. The fourth-order valence-electron chi connectivity index (χ4n) is 3.00. The van der Waals surface area contributed by atoms with Gasteiger partial charge in [0.1, 0.15) is 23.8 Å². The van der Waals surface area contributed by atoms with Crippen LogP contribution in [-0.2, 0) is 16.1 Å². The molecule has 0 saturated heterocycles. The van der Waals surface area contributed by atoms with Crippen LogP contribution in [0.1, 0.15) is 22.3 Å². The van der Waals surface area contributed by atoms with Gasteiger partial charge in [0, 0.05) is 36.8 Å². The molecule has 0 atom stereocenters. The number of hydrogen-bond donors (Lipinski definition) is 0. The summed E-state index contributed by atoms with van der Waals surface area (Å²) in [7, 11) is 3.86. The van der Waals surface area contributed by atoms with E-state index in [-0.39, 0.29) is 12.2 Å². The van der Waals surface area contributed by atoms with E-state index in [4.69, 9.17) is 9.15 Å². The fourth-order valence-corrected chi connectivity index (χ4v) is 3.00. The van der Waals surface area contributed by atoms with E-state index in [0.717, 1.165) is 16.8 Å². The van der Waals surface area contributed by atoms with E-state index in [1.54, 1.807) is 6.07 Å². The molecule has 2 aromatic carbocycles. The van der Waals surface area contributed by atoms with Gasteiger partial charge in [0.2, 0.25) is 0 Å². The van der Waals surface area contributed by atoms with Crippen LogP contribution in [0.2, 0.25) is 0 Å². The number of aryl methyl sites for hydroxylation is 2. The van der Waals surface area contributed by atoms with Crippen molar-refractivity contribution in [2.24, 2.45) is 0 Å². The van der Waals surface area contributed by atoms with E-state index in [2.05, 4.69) is 0 Å². The summed E-state index contributed by atoms with van der Waals surface area (Å²) < 4.78 is 10.6. The van der Waals surface area contributed by atoms with Crippen molar-refractivity contribution >= 4 is 28.7 Å². The lowest BCUT2D eigenvalue weighted by Gasteiger charge is -2.12. The molecule has 1 aromatic heterocycles. The van der Waals surface area contributed by atoms with Gasteiger partial charge >= 0.3 is 11.6 Å². The minimum absolute atomic E-state index is 0.119. The maximum atomic E-state index is 12.4. The van der Waals surface area contributed by atoms with E-state index in [1.807, 2.05) is 69.2 Å². The van der Waals surface area contributed by atoms with Crippen LogP contribution in [0.5, 0.6) is 0 Å². The number of rotatable bonds is 5. The normalized spacial score (nSPS) is 11.2. The predicted molar refractivity (Wildman–Crippen MR) is 116 cm³/mol. The van der Waals surface area contributed by atoms with Gasteiger partial charge in [-0.3, -0.25) is 0 Å². The van der Waals surface area contributed by atoms with Gasteiger partial charge in [0.05, 0.1) is 0 Å². The van der Waals surface area contributed by atoms with Crippen molar-refractivity contribution in [3.05, 3.63) is 80.7 Å². The summed E-state index contributed by atoms with van der Waals surface area (Å²) in [5.74, 6) is -0.751. The highest BCUT2D eigenvalue weighted by atomic mass is 16.5. The highest BCUT2D eigenvalue weighted by molar-refractivity contribution is 5.98. The minimum Gasteiger partial charge on any atom is -0.457 e. The van der Waals surface area contributed by atoms with Gasteiger partial charge in [0.15, 0.2) is 0 Å². The number of fused-ring (bicyclic) bond motifs is 1. The molecule has 6 heteroatoms. The highest BCUT2D eigenvalue weighted by Gasteiger charge is 2.14. The van der Waals surface area contributed by atoms with Crippen LogP contribution in [0, 0.1) is 25.2 Å². The Morgan fingerprint density at radius 1 is 1.13 bits per heavy atom. The summed E-state index contributed by atoms with van der Waals surface area (Å²) in [5, 5.41) is 10.1. The molecule has 0 bridgehead atoms. The van der Waals surface area contributed by atoms with Crippen molar-refractivity contribution < 1.29 is 13.9 Å². The molecule has 152 valence electrons. The van der Waals surface area contributed by atoms with E-state index in [0.29, 0.717) is 22.1 Å². The Balaban J connectivity index is 1.82. The number of anilines is 1. The Labute approximate surface area is 174 Å². The Kier molecular flexibility index (Phi) is 6.03. The van der Waals surface area contributed by atoms with Crippen molar-refractivity contribution in [3.63, 3.8) is 0 Å². The van der Waals surface area contributed by atoms with Gasteiger partial charge in [-0.05, 0) is 60.9 Å². The van der Waals surface area contributed by atoms with Gasteiger partial charge in [-0.1, -0.05) is 12.1 Å². The summed E-state index contributed by atoms with van der Waals surface area (Å²) in [5.41, 5.74) is 4.08. The zero-order valence-corrected chi connectivity index (χ0v) is 17.4. The molecule has 1 heterocycles. The molecule has 0 fully saturated rings. The van der Waals surface area contributed by atoms with Crippen molar-refractivity contribution in [2.45, 2.75) is 20.5 Å². The van der Waals surface area contributed by atoms with Crippen LogP contribution in [-0.4, -0.2) is 20.1 Å². The Bertz CT molecular complexity index is 1230. The standard InChI is InChI=1S/C24H22N2O4/c1-15-9-21-19(12-23(27)30-22(21)10-16(15)2)14-29-24(28)18(13-25)11-17-5-7-20(8-6-17)26(3)4/h5-12H,14H2,1-4H3/b18-11+. The van der Waals surface area contributed by atoms with Crippen LogP contribution >= 0.6 is 0 Å². The third kappa shape index (κ3) is 4.58. The van der Waals surface area contributed by atoms with Gasteiger partial charge in [-0.15, -0.1) is 0 Å². The van der Waals surface area contributed by atoms with Crippen molar-refractivity contribution in [3.8, 4) is 6.07 Å². The first kappa shape index (κ1) is 20.9. The van der Waals surface area contributed by atoms with Crippen LogP contribution in [0.4, 0.5) is 5.69 Å². The molecular formula is C24H22N2O4. The van der Waals surface area contributed by atoms with Crippen molar-refractivity contribution in [2.75, 3.05) is 19.0 Å². The van der Waals surface area contributed by atoms with Gasteiger partial charge < -0.3 is 14.1 Å². The number of esters is 1. The fraction of sp³-hybridized carbons (Fsp3) is 0.208. The van der Waals surface area contributed by atoms with Crippen LogP contribution in [0.15, 0.2) is 57.2 Å². The van der Waals surface area contributed by atoms with Crippen LogP contribution in [0.25, 0.3) is 17.0 Å². The van der Waals surface area contributed by atoms with Gasteiger partial charge in [-0.2, -0.15) is 5.26 Å². The van der Waals surface area contributed by atoms with E-state index >= 15 is 0 Å². The summed E-state index contributed by atoms with van der Waals surface area (Å²) in [6.07, 6.45) is 1.48. The lowest BCUT2D eigenvalue weighted by Crippen LogP contribution is -2.09. The number of benzene rings is 2. The second kappa shape index (κ2) is 8.66. The first-order valence-electron chi connectivity index (χ1n) is 9.39. The average molecular weight is 402 g/mol. The lowest BCUT2D eigenvalue weighted by molar-refractivity contribution is -0.139. The smallest absolute Gasteiger partial charge is 0.349 e. The molecule has 0 saturated carbocycles. The van der Waals surface area contributed by atoms with Crippen LogP contribution < -0.4 is 10.5 Å². The molecule has 0 aliphatic heterocycles. The quantitative estimate of drug-likeness (QED) is 0.276. The molecular weight excluding hydrogens is 380 g/mol. The molecule has 6 nitrogen and oxygen atoms in total. The SMILES string of the molecule is Cc1cc2oc(=O)cc(COC(=O)/C(C#N)=C/c3ccc(N(C)C)cc3)c2cc1C. The number of hydrogen-bond acceptors (Lipinski definition) is 6. The zero-order chi connectivity index (χ0) is 21.8. The second-order valence-corrected chi connectivity index (χ2v) is 7.26. The molecule has 3 rings (SSSR count). The van der Waals surface area contributed by atoms with E-state index in [1.165, 1.54) is 12.1 Å². The maximum absolute atomic E-state index is 12.4. The third-order valence-corrected chi connectivity index (χ3v) is 4.86. The lowest BCUT2D eigenvalue weighted by atomic mass is 10.0. The Morgan fingerprint density at radius 2 is 1.80 bits per heavy atom. The molecule has 0 N–H and O–H groups in total. The van der Waals surface area contributed by atoms with Crippen molar-refractivity contribution in [1.29, 1.82) is 5.26 Å². The molecule has 0 unspecified atom stereocenters. The van der Waals surface area contributed by atoms with E-state index < -0.39 is 11.6 Å². The summed E-state index contributed by atoms with van der Waals surface area (Å²) in [6.45, 7) is 3.74. The number of nitriles is 1. The van der Waals surface area contributed by atoms with Crippen LogP contribution in [0.3, 0.4) is 0 Å². The Morgan fingerprint density at radius 3 is 2.43 bits per heavy atom. The molecule has 30 heavy (non-hydrogen) atoms. The monoisotopic (exact) mass is 402 g/mol. The summed E-state index contributed by atoms with van der Waals surface area (Å²) >= 11 is 0. The summed E-state index contributed by atoms with van der Waals surface area (Å²) in [4.78, 5) is 26.3. The topological polar surface area (TPSA) is 83.5 Å². The number of carbonyl (C=O) groups is 1. The highest BCUT2D eigenvalue weighted by Crippen LogP contribution is 2.22.